The molecule has 2 amide bonds. The Labute approximate surface area is 212 Å². The van der Waals surface area contributed by atoms with Crippen LogP contribution in [0.3, 0.4) is 0 Å². The van der Waals surface area contributed by atoms with Crippen LogP contribution in [0, 0.1) is 17.7 Å². The van der Waals surface area contributed by atoms with Crippen LogP contribution >= 0.6 is 0 Å². The first-order valence-corrected chi connectivity index (χ1v) is 12.8. The summed E-state index contributed by atoms with van der Waals surface area (Å²) in [5.74, 6) is -2.67. The number of aromatic nitrogens is 2. The lowest BCUT2D eigenvalue weighted by Gasteiger charge is -2.52. The molecule has 1 aromatic heterocycles. The van der Waals surface area contributed by atoms with Crippen molar-refractivity contribution >= 4 is 11.8 Å². The minimum atomic E-state index is -0.788. The first-order valence-electron chi connectivity index (χ1n) is 12.8. The molecule has 1 aliphatic heterocycles. The summed E-state index contributed by atoms with van der Waals surface area (Å²) < 4.78 is 14.6. The van der Waals surface area contributed by atoms with Gasteiger partial charge in [0, 0.05) is 36.8 Å². The number of likely N-dealkylation sites (tertiary alicyclic amines) is 1. The number of halogens is 1. The number of nitrogens with two attached hydrogens (primary N) is 1. The molecule has 1 unspecified atom stereocenters. The summed E-state index contributed by atoms with van der Waals surface area (Å²) >= 11 is 0. The lowest BCUT2D eigenvalue weighted by atomic mass is 9.69. The maximum Gasteiger partial charge on any atom is 0.226 e. The molecule has 2 heterocycles. The van der Waals surface area contributed by atoms with Gasteiger partial charge in [0.15, 0.2) is 0 Å². The summed E-state index contributed by atoms with van der Waals surface area (Å²) in [6.45, 7) is 3.36. The number of nitrogens with one attached hydrogen (secondary N) is 1. The first kappa shape index (κ1) is 25.6. The van der Waals surface area contributed by atoms with Gasteiger partial charge in [-0.2, -0.15) is 0 Å². The number of hydrogen-bond acceptors (Lipinski definition) is 3. The summed E-state index contributed by atoms with van der Waals surface area (Å²) in [6, 6.07) is 16.7. The topological polar surface area (TPSA) is 92.1 Å². The maximum atomic E-state index is 14.6. The van der Waals surface area contributed by atoms with Gasteiger partial charge in [0.1, 0.15) is 5.82 Å². The molecule has 1 aliphatic rings. The van der Waals surface area contributed by atoms with Gasteiger partial charge in [0.05, 0.1) is 18.2 Å². The summed E-state index contributed by atoms with van der Waals surface area (Å²) in [4.78, 5) is 35.4. The molecule has 0 aliphatic carbocycles. The van der Waals surface area contributed by atoms with Crippen LogP contribution in [0.5, 0.6) is 0 Å². The minimum absolute atomic E-state index is 0.0970. The van der Waals surface area contributed by atoms with Crippen molar-refractivity contribution in [2.24, 2.45) is 17.6 Å². The molecule has 3 aromatic rings. The van der Waals surface area contributed by atoms with Crippen LogP contribution in [0.1, 0.15) is 49.4 Å². The van der Waals surface area contributed by atoms with Gasteiger partial charge in [-0.15, -0.1) is 0 Å². The molecule has 0 spiro atoms. The van der Waals surface area contributed by atoms with Crippen LogP contribution in [0.15, 0.2) is 67.1 Å². The average Bonchev–Trinajstić information content (AvgIpc) is 3.37. The quantitative estimate of drug-likeness (QED) is 0.368. The highest BCUT2D eigenvalue weighted by molar-refractivity contribution is 5.88. The van der Waals surface area contributed by atoms with Crippen molar-refractivity contribution in [1.82, 2.24) is 14.9 Å². The zero-order valence-corrected chi connectivity index (χ0v) is 20.8. The van der Waals surface area contributed by atoms with E-state index < -0.39 is 17.7 Å². The fraction of sp³-hybridized carbons (Fsp3) is 0.414. The lowest BCUT2D eigenvalue weighted by Crippen LogP contribution is -2.63. The summed E-state index contributed by atoms with van der Waals surface area (Å²) in [6.07, 6.45) is 7.87. The summed E-state index contributed by atoms with van der Waals surface area (Å²) in [5, 5.41) is 0. The molecule has 1 saturated heterocycles. The van der Waals surface area contributed by atoms with E-state index in [0.717, 1.165) is 25.7 Å². The van der Waals surface area contributed by atoms with E-state index in [1.54, 1.807) is 24.4 Å². The zero-order valence-electron chi connectivity index (χ0n) is 20.8. The molecule has 4 rings (SSSR count). The van der Waals surface area contributed by atoms with Crippen molar-refractivity contribution in [2.45, 2.75) is 50.9 Å². The molecule has 190 valence electrons. The Morgan fingerprint density at radius 2 is 1.78 bits per heavy atom. The van der Waals surface area contributed by atoms with E-state index in [9.17, 15) is 14.0 Å². The van der Waals surface area contributed by atoms with Gasteiger partial charge >= 0.3 is 0 Å². The molecule has 1 fully saturated rings. The van der Waals surface area contributed by atoms with Crippen molar-refractivity contribution in [1.29, 1.82) is 0 Å². The Kier molecular flexibility index (Phi) is 8.18. The monoisotopic (exact) mass is 490 g/mol. The van der Waals surface area contributed by atoms with E-state index >= 15 is 0 Å². The number of unbranched alkanes of at least 4 members (excludes halogenated alkanes) is 2. The molecule has 7 heteroatoms. The van der Waals surface area contributed by atoms with Gasteiger partial charge in [0.25, 0.3) is 0 Å². The summed E-state index contributed by atoms with van der Waals surface area (Å²) in [7, 11) is 0. The number of nitrogens with zero attached hydrogens (tertiary/aromatic N) is 2. The second-order valence-electron chi connectivity index (χ2n) is 9.99. The van der Waals surface area contributed by atoms with Crippen molar-refractivity contribution in [2.75, 3.05) is 13.1 Å². The maximum absolute atomic E-state index is 14.6. The van der Waals surface area contributed by atoms with Crippen LogP contribution in [-0.2, 0) is 27.8 Å². The van der Waals surface area contributed by atoms with Crippen LogP contribution in [-0.4, -0.2) is 39.8 Å². The number of carbonyl (C=O) groups excluding carboxylic acids is 2. The predicted molar refractivity (Wildman–Crippen MR) is 137 cm³/mol. The van der Waals surface area contributed by atoms with E-state index in [0.29, 0.717) is 24.3 Å². The minimum Gasteiger partial charge on any atom is -0.369 e. The number of primary amides is 1. The smallest absolute Gasteiger partial charge is 0.226 e. The Morgan fingerprint density at radius 1 is 1.06 bits per heavy atom. The molecule has 0 saturated carbocycles. The van der Waals surface area contributed by atoms with Crippen LogP contribution < -0.4 is 5.73 Å². The van der Waals surface area contributed by atoms with E-state index in [4.69, 9.17) is 5.73 Å². The largest absolute Gasteiger partial charge is 0.369 e. The number of aromatic amines is 1. The molecular weight excluding hydrogens is 455 g/mol. The van der Waals surface area contributed by atoms with Crippen LogP contribution in [0.4, 0.5) is 4.39 Å². The number of imidazole rings is 1. The molecule has 0 bridgehead atoms. The first-order chi connectivity index (χ1) is 17.4. The number of carbonyl (C=O) groups is 2. The Morgan fingerprint density at radius 3 is 2.42 bits per heavy atom. The average molecular weight is 491 g/mol. The van der Waals surface area contributed by atoms with Gasteiger partial charge < -0.3 is 15.6 Å². The third kappa shape index (κ3) is 5.66. The van der Waals surface area contributed by atoms with E-state index in [-0.39, 0.29) is 30.0 Å². The molecule has 36 heavy (non-hydrogen) atoms. The Balaban J connectivity index is 1.59. The molecule has 2 aromatic carbocycles. The van der Waals surface area contributed by atoms with Crippen molar-refractivity contribution in [3.8, 4) is 0 Å². The number of amides is 2. The standard InChI is InChI=1S/C29H35FN4O2/c1-2-3-9-14-29(22-11-5-4-6-12-22)18-34(19-29)28(36)25(15-21-10-7-8-13-26(21)30)24(27(31)35)16-23-17-32-20-33-23/h4-8,10-13,17,20,24-25H,2-3,9,14-16,18-19H2,1H3,(H2,31,35)(H,32,33)/t24?,25-/m1/s1. The third-order valence-electron chi connectivity index (χ3n) is 7.50. The highest BCUT2D eigenvalue weighted by Gasteiger charge is 2.48. The summed E-state index contributed by atoms with van der Waals surface area (Å²) in [5.41, 5.74) is 8.09. The number of H-pyrrole nitrogens is 1. The highest BCUT2D eigenvalue weighted by atomic mass is 19.1. The van der Waals surface area contributed by atoms with E-state index in [1.165, 1.54) is 18.0 Å². The van der Waals surface area contributed by atoms with E-state index in [1.807, 2.05) is 23.1 Å². The second-order valence-corrected chi connectivity index (χ2v) is 9.99. The zero-order chi connectivity index (χ0) is 25.5. The second kappa shape index (κ2) is 11.5. The van der Waals surface area contributed by atoms with Crippen molar-refractivity contribution in [3.05, 3.63) is 89.8 Å². The lowest BCUT2D eigenvalue weighted by molar-refractivity contribution is -0.148. The third-order valence-corrected chi connectivity index (χ3v) is 7.50. The van der Waals surface area contributed by atoms with Crippen molar-refractivity contribution < 1.29 is 14.0 Å². The normalized spacial score (nSPS) is 16.2. The van der Waals surface area contributed by atoms with Gasteiger partial charge in [-0.25, -0.2) is 9.37 Å². The fourth-order valence-corrected chi connectivity index (χ4v) is 5.44. The van der Waals surface area contributed by atoms with E-state index in [2.05, 4.69) is 29.0 Å². The number of benzene rings is 2. The highest BCUT2D eigenvalue weighted by Crippen LogP contribution is 2.41. The molecule has 0 radical (unpaired) electrons. The van der Waals surface area contributed by atoms with Gasteiger partial charge in [-0.1, -0.05) is 74.7 Å². The van der Waals surface area contributed by atoms with Crippen LogP contribution in [0.2, 0.25) is 0 Å². The number of rotatable bonds is 12. The SMILES string of the molecule is CCCCCC1(c2ccccc2)CN(C(=O)[C@H](Cc2ccccc2F)C(Cc2cnc[nH]2)C(N)=O)C1. The van der Waals surface area contributed by atoms with Gasteiger partial charge in [-0.3, -0.25) is 9.59 Å². The Hall–Kier alpha value is -3.48. The fourth-order valence-electron chi connectivity index (χ4n) is 5.44. The van der Waals surface area contributed by atoms with Crippen molar-refractivity contribution in [3.63, 3.8) is 0 Å². The Bertz CT molecular complexity index is 1140. The van der Waals surface area contributed by atoms with Gasteiger partial charge in [0.2, 0.25) is 11.8 Å². The van der Waals surface area contributed by atoms with Crippen LogP contribution in [0.25, 0.3) is 0 Å². The molecular formula is C29H35FN4O2. The predicted octanol–water partition coefficient (Wildman–Crippen LogP) is 4.41. The molecule has 3 N–H and O–H groups in total. The number of hydrogen-bond donors (Lipinski definition) is 2. The molecule has 2 atom stereocenters. The molecule has 6 nitrogen and oxygen atoms in total. The van der Waals surface area contributed by atoms with Gasteiger partial charge in [-0.05, 0) is 30.0 Å².